The Balaban J connectivity index is 2.37. The smallest absolute Gasteiger partial charge is 0.241 e. The molecule has 0 aromatic heterocycles. The van der Waals surface area contributed by atoms with Gasteiger partial charge >= 0.3 is 0 Å². The van der Waals surface area contributed by atoms with Gasteiger partial charge in [-0.3, -0.25) is 4.79 Å². The summed E-state index contributed by atoms with van der Waals surface area (Å²) in [6.45, 7) is 0. The maximum atomic E-state index is 11.4. The molecule has 1 atom stereocenters. The summed E-state index contributed by atoms with van der Waals surface area (Å²) >= 11 is 3.40. The summed E-state index contributed by atoms with van der Waals surface area (Å²) < 4.78 is 1.03. The van der Waals surface area contributed by atoms with Crippen LogP contribution in [0.2, 0.25) is 0 Å². The van der Waals surface area contributed by atoms with E-state index in [2.05, 4.69) is 21.2 Å². The molecule has 1 aliphatic rings. The number of anilines is 1. The molecule has 3 N–H and O–H groups in total. The minimum Gasteiger partial charge on any atom is -0.324 e. The van der Waals surface area contributed by atoms with Crippen molar-refractivity contribution in [3.63, 3.8) is 0 Å². The van der Waals surface area contributed by atoms with Gasteiger partial charge < -0.3 is 11.1 Å². The number of nitrogens with two attached hydrogens (primary N) is 1. The molecule has 74 valence electrons. The maximum Gasteiger partial charge on any atom is 0.241 e. The monoisotopic (exact) mass is 254 g/mol. The molecule has 1 aliphatic heterocycles. The molecule has 0 spiro atoms. The van der Waals surface area contributed by atoms with E-state index in [4.69, 9.17) is 5.73 Å². The molecule has 3 nitrogen and oxygen atoms in total. The van der Waals surface area contributed by atoms with Crippen LogP contribution in [0.4, 0.5) is 5.69 Å². The summed E-state index contributed by atoms with van der Waals surface area (Å²) in [5.41, 5.74) is 7.69. The van der Waals surface area contributed by atoms with Gasteiger partial charge in [0.15, 0.2) is 0 Å². The highest BCUT2D eigenvalue weighted by atomic mass is 79.9. The molecule has 0 aliphatic carbocycles. The van der Waals surface area contributed by atoms with Crippen molar-refractivity contribution in [3.05, 3.63) is 28.2 Å². The summed E-state index contributed by atoms with van der Waals surface area (Å²) in [6.07, 6.45) is 1.55. The number of benzene rings is 1. The average Bonchev–Trinajstić information content (AvgIpc) is 2.29. The Bertz CT molecular complexity index is 378. The molecule has 0 radical (unpaired) electrons. The number of nitrogens with one attached hydrogen (secondary N) is 1. The maximum absolute atomic E-state index is 11.4. The van der Waals surface area contributed by atoms with Gasteiger partial charge in [-0.15, -0.1) is 0 Å². The van der Waals surface area contributed by atoms with Crippen molar-refractivity contribution >= 4 is 27.5 Å². The molecule has 0 saturated heterocycles. The second-order valence-corrected chi connectivity index (χ2v) is 4.35. The normalized spacial score (nSPS) is 21.0. The third-order valence-corrected chi connectivity index (χ3v) is 2.88. The Kier molecular flexibility index (Phi) is 2.56. The molecule has 2 rings (SSSR count). The Hall–Kier alpha value is -0.870. The molecule has 0 unspecified atom stereocenters. The van der Waals surface area contributed by atoms with E-state index in [1.54, 1.807) is 0 Å². The van der Waals surface area contributed by atoms with Crippen LogP contribution in [-0.2, 0) is 11.2 Å². The van der Waals surface area contributed by atoms with Gasteiger partial charge in [0.05, 0.1) is 6.04 Å². The largest absolute Gasteiger partial charge is 0.324 e. The molecule has 1 aromatic carbocycles. The second-order valence-electron chi connectivity index (χ2n) is 3.44. The topological polar surface area (TPSA) is 55.1 Å². The van der Waals surface area contributed by atoms with Gasteiger partial charge in [-0.2, -0.15) is 0 Å². The summed E-state index contributed by atoms with van der Waals surface area (Å²) in [5.74, 6) is -0.0916. The van der Waals surface area contributed by atoms with E-state index in [-0.39, 0.29) is 11.9 Å². The van der Waals surface area contributed by atoms with Crippen LogP contribution in [0.15, 0.2) is 22.7 Å². The van der Waals surface area contributed by atoms with Crippen LogP contribution in [0.1, 0.15) is 12.0 Å². The fraction of sp³-hybridized carbons (Fsp3) is 0.300. The SMILES string of the molecule is N[C@H]1CCc2cc(Br)ccc2NC1=O. The molecule has 14 heavy (non-hydrogen) atoms. The highest BCUT2D eigenvalue weighted by molar-refractivity contribution is 9.10. The molecule has 1 heterocycles. The van der Waals surface area contributed by atoms with Gasteiger partial charge in [0.2, 0.25) is 5.91 Å². The third-order valence-electron chi connectivity index (χ3n) is 2.39. The highest BCUT2D eigenvalue weighted by Crippen LogP contribution is 2.24. The zero-order valence-electron chi connectivity index (χ0n) is 7.59. The zero-order chi connectivity index (χ0) is 10.1. The number of fused-ring (bicyclic) bond motifs is 1. The van der Waals surface area contributed by atoms with E-state index < -0.39 is 0 Å². The number of aryl methyl sites for hydroxylation is 1. The minimum atomic E-state index is -0.388. The number of carbonyl (C=O) groups excluding carboxylic acids is 1. The van der Waals surface area contributed by atoms with Crippen molar-refractivity contribution in [3.8, 4) is 0 Å². The highest BCUT2D eigenvalue weighted by Gasteiger charge is 2.19. The Morgan fingerprint density at radius 1 is 1.50 bits per heavy atom. The van der Waals surface area contributed by atoms with E-state index in [1.165, 1.54) is 0 Å². The first-order valence-electron chi connectivity index (χ1n) is 4.51. The lowest BCUT2D eigenvalue weighted by Gasteiger charge is -2.07. The van der Waals surface area contributed by atoms with E-state index in [0.29, 0.717) is 6.42 Å². The molecule has 1 aromatic rings. The summed E-state index contributed by atoms with van der Waals surface area (Å²) in [4.78, 5) is 11.4. The van der Waals surface area contributed by atoms with Crippen molar-refractivity contribution in [2.75, 3.05) is 5.32 Å². The molecular weight excluding hydrogens is 244 g/mol. The Morgan fingerprint density at radius 3 is 3.07 bits per heavy atom. The van der Waals surface area contributed by atoms with E-state index in [1.807, 2.05) is 18.2 Å². The van der Waals surface area contributed by atoms with Gasteiger partial charge in [0.25, 0.3) is 0 Å². The first-order chi connectivity index (χ1) is 6.66. The van der Waals surface area contributed by atoms with E-state index >= 15 is 0 Å². The fourth-order valence-electron chi connectivity index (χ4n) is 1.56. The average molecular weight is 255 g/mol. The number of hydrogen-bond donors (Lipinski definition) is 2. The zero-order valence-corrected chi connectivity index (χ0v) is 9.17. The summed E-state index contributed by atoms with van der Waals surface area (Å²) in [5, 5.41) is 2.81. The summed E-state index contributed by atoms with van der Waals surface area (Å²) in [6, 6.07) is 5.44. The van der Waals surface area contributed by atoms with Crippen molar-refractivity contribution in [1.82, 2.24) is 0 Å². The van der Waals surface area contributed by atoms with Gasteiger partial charge in [0, 0.05) is 10.2 Å². The second kappa shape index (κ2) is 3.71. The number of rotatable bonds is 0. The van der Waals surface area contributed by atoms with Crippen molar-refractivity contribution in [1.29, 1.82) is 0 Å². The van der Waals surface area contributed by atoms with Crippen LogP contribution in [0.25, 0.3) is 0 Å². The number of halogens is 1. The lowest BCUT2D eigenvalue weighted by molar-refractivity contribution is -0.117. The van der Waals surface area contributed by atoms with Gasteiger partial charge in [-0.25, -0.2) is 0 Å². The third kappa shape index (κ3) is 1.81. The summed E-state index contributed by atoms with van der Waals surface area (Å²) in [7, 11) is 0. The van der Waals surface area contributed by atoms with Crippen molar-refractivity contribution < 1.29 is 4.79 Å². The molecule has 4 heteroatoms. The predicted molar refractivity (Wildman–Crippen MR) is 59.1 cm³/mol. The quantitative estimate of drug-likeness (QED) is 0.740. The van der Waals surface area contributed by atoms with Gasteiger partial charge in [0.1, 0.15) is 0 Å². The van der Waals surface area contributed by atoms with Crippen LogP contribution in [-0.4, -0.2) is 11.9 Å². The van der Waals surface area contributed by atoms with E-state index in [0.717, 1.165) is 22.1 Å². The van der Waals surface area contributed by atoms with Crippen LogP contribution in [0, 0.1) is 0 Å². The molecule has 0 saturated carbocycles. The number of hydrogen-bond acceptors (Lipinski definition) is 2. The van der Waals surface area contributed by atoms with Crippen molar-refractivity contribution in [2.45, 2.75) is 18.9 Å². The minimum absolute atomic E-state index is 0.0916. The lowest BCUT2D eigenvalue weighted by Crippen LogP contribution is -2.34. The Morgan fingerprint density at radius 2 is 2.29 bits per heavy atom. The van der Waals surface area contributed by atoms with Crippen LogP contribution >= 0.6 is 15.9 Å². The number of carbonyl (C=O) groups is 1. The lowest BCUT2D eigenvalue weighted by atomic mass is 10.1. The number of amides is 1. The van der Waals surface area contributed by atoms with Gasteiger partial charge in [-0.05, 0) is 36.6 Å². The molecule has 0 fully saturated rings. The fourth-order valence-corrected chi connectivity index (χ4v) is 1.97. The molecule has 0 bridgehead atoms. The first kappa shape index (κ1) is 9.68. The van der Waals surface area contributed by atoms with Crippen LogP contribution < -0.4 is 11.1 Å². The Labute approximate surface area is 90.8 Å². The first-order valence-corrected chi connectivity index (χ1v) is 5.31. The van der Waals surface area contributed by atoms with Gasteiger partial charge in [-0.1, -0.05) is 15.9 Å². The van der Waals surface area contributed by atoms with E-state index in [9.17, 15) is 4.79 Å². The predicted octanol–water partition coefficient (Wildman–Crippen LogP) is 1.66. The molecule has 1 amide bonds. The standard InChI is InChI=1S/C10H11BrN2O/c11-7-2-4-9-6(5-7)1-3-8(12)10(14)13-9/h2,4-5,8H,1,3,12H2,(H,13,14)/t8-/m0/s1. The van der Waals surface area contributed by atoms with Crippen molar-refractivity contribution in [2.24, 2.45) is 5.73 Å². The molecular formula is C10H11BrN2O. The van der Waals surface area contributed by atoms with Crippen LogP contribution in [0.5, 0.6) is 0 Å². The van der Waals surface area contributed by atoms with Crippen LogP contribution in [0.3, 0.4) is 0 Å².